The summed E-state index contributed by atoms with van der Waals surface area (Å²) in [5, 5.41) is 8.51. The van der Waals surface area contributed by atoms with Gasteiger partial charge in [-0.15, -0.1) is 0 Å². The second-order valence-corrected chi connectivity index (χ2v) is 6.35. The summed E-state index contributed by atoms with van der Waals surface area (Å²) in [6, 6.07) is 11.6. The van der Waals surface area contributed by atoms with Crippen molar-refractivity contribution >= 4 is 28.3 Å². The third kappa shape index (κ3) is 3.48. The van der Waals surface area contributed by atoms with Gasteiger partial charge >= 0.3 is 18.0 Å². The monoisotopic (exact) mass is 425 g/mol. The van der Waals surface area contributed by atoms with Crippen LogP contribution in [0.3, 0.4) is 0 Å². The van der Waals surface area contributed by atoms with Gasteiger partial charge in [0.15, 0.2) is 5.82 Å². The number of fused-ring (bicyclic) bond motifs is 1. The molecule has 0 spiro atoms. The van der Waals surface area contributed by atoms with Crippen LogP contribution in [-0.4, -0.2) is 34.8 Å². The predicted molar refractivity (Wildman–Crippen MR) is 91.0 cm³/mol. The lowest BCUT2D eigenvalue weighted by atomic mass is 10.0. The zero-order chi connectivity index (χ0) is 20.7. The minimum atomic E-state index is -6.39. The molecule has 0 aliphatic carbocycles. The van der Waals surface area contributed by atoms with Gasteiger partial charge in [-0.25, -0.2) is 0 Å². The molecule has 3 aromatic rings. The van der Waals surface area contributed by atoms with Gasteiger partial charge in [0.2, 0.25) is 0 Å². The Morgan fingerprint density at radius 3 is 2.21 bits per heavy atom. The van der Waals surface area contributed by atoms with E-state index in [0.717, 1.165) is 0 Å². The minimum Gasteiger partial charge on any atom is -0.362 e. The van der Waals surface area contributed by atoms with E-state index in [1.807, 2.05) is 5.32 Å². The van der Waals surface area contributed by atoms with Crippen LogP contribution in [0.5, 0.6) is 0 Å². The second-order valence-electron chi connectivity index (χ2n) is 5.95. The lowest BCUT2D eigenvalue weighted by Gasteiger charge is -2.28. The zero-order valence-electron chi connectivity index (χ0n) is 13.7. The first-order chi connectivity index (χ1) is 12.9. The molecular weight excluding hydrogens is 415 g/mol. The average Bonchev–Trinajstić information content (AvgIpc) is 3.00. The fraction of sp³-hybridized carbons (Fsp3) is 0.235. The highest BCUT2D eigenvalue weighted by Crippen LogP contribution is 2.46. The van der Waals surface area contributed by atoms with E-state index in [9.17, 15) is 30.7 Å². The number of hydrogen-bond acceptors (Lipinski definition) is 2. The maximum Gasteiger partial charge on any atom is 0.459 e. The first-order valence-electron chi connectivity index (χ1n) is 7.73. The highest BCUT2D eigenvalue weighted by molar-refractivity contribution is 6.34. The SMILES string of the molecule is FC(F)(F)C(F)(F)C(F)(F)CNc1n[nH]c2cc(Cl)c(-c3ccccc3)cc12. The molecular formula is C17H11ClF7N3. The number of benzene rings is 2. The number of halogens is 8. The van der Waals surface area contributed by atoms with Crippen molar-refractivity contribution in [2.24, 2.45) is 0 Å². The van der Waals surface area contributed by atoms with Gasteiger partial charge in [-0.1, -0.05) is 41.9 Å². The largest absolute Gasteiger partial charge is 0.459 e. The maximum absolute atomic E-state index is 13.5. The number of alkyl halides is 7. The Balaban J connectivity index is 1.93. The number of rotatable bonds is 5. The predicted octanol–water partition coefficient (Wildman–Crippen LogP) is 6.13. The van der Waals surface area contributed by atoms with Crippen LogP contribution in [0.1, 0.15) is 0 Å². The zero-order valence-corrected chi connectivity index (χ0v) is 14.5. The van der Waals surface area contributed by atoms with Gasteiger partial charge in [-0.3, -0.25) is 5.10 Å². The van der Waals surface area contributed by atoms with Crippen LogP contribution in [0.2, 0.25) is 5.02 Å². The molecule has 1 aromatic heterocycles. The molecule has 2 N–H and O–H groups in total. The number of hydrogen-bond donors (Lipinski definition) is 2. The smallest absolute Gasteiger partial charge is 0.362 e. The quantitative estimate of drug-likeness (QED) is 0.483. The molecule has 0 saturated heterocycles. The molecule has 2 aromatic carbocycles. The molecule has 1 heterocycles. The molecule has 150 valence electrons. The number of aromatic amines is 1. The summed E-state index contributed by atoms with van der Waals surface area (Å²) >= 11 is 6.19. The van der Waals surface area contributed by atoms with E-state index < -0.39 is 24.6 Å². The van der Waals surface area contributed by atoms with Crippen LogP contribution in [0.4, 0.5) is 36.6 Å². The molecule has 0 fully saturated rings. The van der Waals surface area contributed by atoms with Gasteiger partial charge in [0.25, 0.3) is 0 Å². The summed E-state index contributed by atoms with van der Waals surface area (Å²) in [5.41, 5.74) is 1.49. The average molecular weight is 426 g/mol. The van der Waals surface area contributed by atoms with Crippen LogP contribution in [-0.2, 0) is 0 Å². The molecule has 0 aliphatic rings. The van der Waals surface area contributed by atoms with E-state index in [-0.39, 0.29) is 16.7 Å². The van der Waals surface area contributed by atoms with Gasteiger partial charge in [-0.05, 0) is 17.7 Å². The highest BCUT2D eigenvalue weighted by atomic mass is 35.5. The van der Waals surface area contributed by atoms with Crippen molar-refractivity contribution in [1.82, 2.24) is 10.2 Å². The highest BCUT2D eigenvalue weighted by Gasteiger charge is 2.72. The van der Waals surface area contributed by atoms with E-state index in [4.69, 9.17) is 11.6 Å². The third-order valence-corrected chi connectivity index (χ3v) is 4.34. The molecule has 28 heavy (non-hydrogen) atoms. The second kappa shape index (κ2) is 6.84. The normalized spacial score (nSPS) is 13.1. The lowest BCUT2D eigenvalue weighted by Crippen LogP contribution is -2.55. The van der Waals surface area contributed by atoms with Gasteiger partial charge in [-0.2, -0.15) is 35.8 Å². The summed E-state index contributed by atoms with van der Waals surface area (Å²) in [7, 11) is 0. The lowest BCUT2D eigenvalue weighted by molar-refractivity contribution is -0.350. The Morgan fingerprint density at radius 1 is 0.964 bits per heavy atom. The molecule has 0 aliphatic heterocycles. The molecule has 0 atom stereocenters. The number of nitrogens with one attached hydrogen (secondary N) is 2. The molecule has 0 amide bonds. The molecule has 0 radical (unpaired) electrons. The first-order valence-corrected chi connectivity index (χ1v) is 8.11. The van der Waals surface area contributed by atoms with Crippen molar-refractivity contribution in [2.45, 2.75) is 18.0 Å². The Labute approximate surface area is 158 Å². The Bertz CT molecular complexity index is 984. The van der Waals surface area contributed by atoms with Crippen LogP contribution < -0.4 is 5.32 Å². The summed E-state index contributed by atoms with van der Waals surface area (Å²) in [5.74, 6) is -11.9. The fourth-order valence-corrected chi connectivity index (χ4v) is 2.80. The molecule has 0 saturated carbocycles. The van der Waals surface area contributed by atoms with Crippen molar-refractivity contribution in [3.05, 3.63) is 47.5 Å². The number of H-pyrrole nitrogens is 1. The van der Waals surface area contributed by atoms with E-state index >= 15 is 0 Å². The van der Waals surface area contributed by atoms with Crippen LogP contribution >= 0.6 is 11.6 Å². The van der Waals surface area contributed by atoms with Crippen LogP contribution in [0.25, 0.3) is 22.0 Å². The Kier molecular flexibility index (Phi) is 4.95. The summed E-state index contributed by atoms with van der Waals surface area (Å²) < 4.78 is 89.8. The van der Waals surface area contributed by atoms with Crippen LogP contribution in [0, 0.1) is 0 Å². The topological polar surface area (TPSA) is 40.7 Å². The summed E-state index contributed by atoms with van der Waals surface area (Å²) in [6.07, 6.45) is -6.39. The van der Waals surface area contributed by atoms with Gasteiger partial charge in [0.05, 0.1) is 17.1 Å². The third-order valence-electron chi connectivity index (χ3n) is 4.03. The van der Waals surface area contributed by atoms with E-state index in [1.54, 1.807) is 30.3 Å². The van der Waals surface area contributed by atoms with Crippen molar-refractivity contribution in [3.63, 3.8) is 0 Å². The fourth-order valence-electron chi connectivity index (χ4n) is 2.52. The van der Waals surface area contributed by atoms with Crippen molar-refractivity contribution in [1.29, 1.82) is 0 Å². The molecule has 3 rings (SSSR count). The van der Waals surface area contributed by atoms with Crippen molar-refractivity contribution in [3.8, 4) is 11.1 Å². The minimum absolute atomic E-state index is 0.203. The van der Waals surface area contributed by atoms with Gasteiger partial charge in [0.1, 0.15) is 0 Å². The summed E-state index contributed by atoms with van der Waals surface area (Å²) in [6.45, 7) is -1.97. The van der Waals surface area contributed by atoms with E-state index in [2.05, 4.69) is 10.2 Å². The van der Waals surface area contributed by atoms with Crippen molar-refractivity contribution < 1.29 is 30.7 Å². The van der Waals surface area contributed by atoms with Crippen LogP contribution in [0.15, 0.2) is 42.5 Å². The molecule has 0 bridgehead atoms. The number of anilines is 1. The molecule has 11 heteroatoms. The number of nitrogens with zero attached hydrogens (tertiary/aromatic N) is 1. The molecule has 0 unspecified atom stereocenters. The van der Waals surface area contributed by atoms with Gasteiger partial charge in [0, 0.05) is 10.9 Å². The summed E-state index contributed by atoms with van der Waals surface area (Å²) in [4.78, 5) is 0. The van der Waals surface area contributed by atoms with Gasteiger partial charge < -0.3 is 5.32 Å². The standard InChI is InChI=1S/C17H11ClF7N3/c18-12-7-13-11(6-10(12)9-4-2-1-3-5-9)14(28-27-13)26-8-15(19,20)16(21,22)17(23,24)25/h1-7H,8H2,(H2,26,27,28). The Hall–Kier alpha value is -2.49. The maximum atomic E-state index is 13.5. The van der Waals surface area contributed by atoms with E-state index in [0.29, 0.717) is 16.1 Å². The molecule has 3 nitrogen and oxygen atoms in total. The Morgan fingerprint density at radius 2 is 1.61 bits per heavy atom. The first kappa shape index (κ1) is 20.2. The number of aromatic nitrogens is 2. The van der Waals surface area contributed by atoms with Crippen molar-refractivity contribution in [2.75, 3.05) is 11.9 Å². The van der Waals surface area contributed by atoms with E-state index in [1.165, 1.54) is 12.1 Å².